The van der Waals surface area contributed by atoms with Crippen molar-refractivity contribution in [2.24, 2.45) is 0 Å². The molecule has 84 heavy (non-hydrogen) atoms. The molecule has 0 radical (unpaired) electrons. The van der Waals surface area contributed by atoms with Gasteiger partial charge in [-0.1, -0.05) is 310 Å². The van der Waals surface area contributed by atoms with E-state index in [4.69, 9.17) is 18.9 Å². The van der Waals surface area contributed by atoms with Crippen molar-refractivity contribution >= 4 is 45.5 Å². The van der Waals surface area contributed by atoms with Gasteiger partial charge in [-0.05, 0) is 51.3 Å². The Balaban J connectivity index is 1.47. The first-order valence-electron chi connectivity index (χ1n) is 34.4. The molecule has 3 N–H and O–H groups in total. The first-order valence-corrected chi connectivity index (χ1v) is 36.9. The first kappa shape index (κ1) is 74.7. The van der Waals surface area contributed by atoms with Crippen LogP contribution in [0.5, 0.6) is 11.5 Å². The Morgan fingerprint density at radius 3 is 1.37 bits per heavy atom. The highest BCUT2D eigenvalue weighted by Crippen LogP contribution is 2.29. The summed E-state index contributed by atoms with van der Waals surface area (Å²) in [7, 11) is 2.64. The maximum Gasteiger partial charge on any atom is 0.408 e. The third-order valence-electron chi connectivity index (χ3n) is 16.0. The molecule has 1 saturated heterocycles. The van der Waals surface area contributed by atoms with Gasteiger partial charge in [0, 0.05) is 29.6 Å². The molecule has 0 aliphatic carbocycles. The molecule has 3 atom stereocenters. The van der Waals surface area contributed by atoms with E-state index in [0.717, 1.165) is 42.6 Å². The Kier molecular flexibility index (Phi) is 44.8. The van der Waals surface area contributed by atoms with Crippen LogP contribution >= 0.6 is 21.6 Å². The Hall–Kier alpha value is -3.58. The van der Waals surface area contributed by atoms with Crippen molar-refractivity contribution in [1.29, 1.82) is 0 Å². The van der Waals surface area contributed by atoms with Gasteiger partial charge in [0.2, 0.25) is 11.8 Å². The monoisotopic (exact) mass is 1210 g/mol. The van der Waals surface area contributed by atoms with Crippen LogP contribution in [0.3, 0.4) is 0 Å². The first-order chi connectivity index (χ1) is 41.0. The number of nitrogens with one attached hydrogen (secondary N) is 3. The summed E-state index contributed by atoms with van der Waals surface area (Å²) in [6.07, 6.45) is 53.1. The SMILES string of the molecule is CCCCCCCCCCCCCCCCCCCCCCOc1ccc(COC(=O)C2CSSC[C@H](NC(=O)OC(C)(C)C)C(=O)N[C@@H](Cc3ccccc3)C(=O)N2)c(OCCCCCCCCCCCCCCCCCCCCCC)c1. The molecule has 1 aliphatic heterocycles. The fourth-order valence-electron chi connectivity index (χ4n) is 10.9. The lowest BCUT2D eigenvalue weighted by molar-refractivity contribution is -0.148. The molecule has 0 bridgehead atoms. The second-order valence-corrected chi connectivity index (χ2v) is 27.6. The molecular formula is C71H121N3O8S2. The van der Waals surface area contributed by atoms with Crippen molar-refractivity contribution in [3.05, 3.63) is 59.7 Å². The molecule has 1 aliphatic rings. The van der Waals surface area contributed by atoms with E-state index in [1.807, 2.05) is 48.5 Å². The fraction of sp³-hybridized carbons (Fsp3) is 0.775. The Labute approximate surface area is 520 Å². The van der Waals surface area contributed by atoms with E-state index in [-0.39, 0.29) is 24.5 Å². The number of hydrogen-bond acceptors (Lipinski definition) is 10. The van der Waals surface area contributed by atoms with E-state index in [2.05, 4.69) is 29.8 Å². The quantitative estimate of drug-likeness (QED) is 0.0333. The molecule has 1 heterocycles. The molecule has 13 heteroatoms. The molecule has 0 saturated carbocycles. The topological polar surface area (TPSA) is 141 Å². The normalized spacial score (nSPS) is 15.9. The average Bonchev–Trinajstić information content (AvgIpc) is 3.61. The van der Waals surface area contributed by atoms with Crippen molar-refractivity contribution in [1.82, 2.24) is 16.0 Å². The Morgan fingerprint density at radius 1 is 0.512 bits per heavy atom. The van der Waals surface area contributed by atoms with E-state index in [0.29, 0.717) is 19.0 Å². The summed E-state index contributed by atoms with van der Waals surface area (Å²) in [5.41, 5.74) is 0.776. The van der Waals surface area contributed by atoms with Crippen LogP contribution in [0.4, 0.5) is 4.79 Å². The van der Waals surface area contributed by atoms with Gasteiger partial charge in [0.25, 0.3) is 0 Å². The van der Waals surface area contributed by atoms with Crippen LogP contribution < -0.4 is 25.4 Å². The van der Waals surface area contributed by atoms with Crippen molar-refractivity contribution in [3.63, 3.8) is 0 Å². The van der Waals surface area contributed by atoms with Crippen molar-refractivity contribution in [2.45, 2.75) is 328 Å². The Morgan fingerprint density at radius 2 is 0.929 bits per heavy atom. The van der Waals surface area contributed by atoms with Crippen LogP contribution in [0.2, 0.25) is 0 Å². The van der Waals surface area contributed by atoms with Gasteiger partial charge in [0.05, 0.1) is 13.2 Å². The lowest BCUT2D eigenvalue weighted by Gasteiger charge is -2.25. The van der Waals surface area contributed by atoms with Gasteiger partial charge in [-0.2, -0.15) is 0 Å². The van der Waals surface area contributed by atoms with E-state index in [1.165, 1.54) is 253 Å². The molecular weight excluding hydrogens is 1090 g/mol. The number of benzene rings is 2. The molecule has 0 spiro atoms. The van der Waals surface area contributed by atoms with E-state index < -0.39 is 47.6 Å². The molecule has 2 aromatic carbocycles. The largest absolute Gasteiger partial charge is 0.493 e. The smallest absolute Gasteiger partial charge is 0.408 e. The molecule has 0 aromatic heterocycles. The number of esters is 1. The van der Waals surface area contributed by atoms with Gasteiger partial charge in [-0.3, -0.25) is 9.59 Å². The van der Waals surface area contributed by atoms with Crippen LogP contribution in [0.25, 0.3) is 0 Å². The van der Waals surface area contributed by atoms with Crippen molar-refractivity contribution in [2.75, 3.05) is 24.7 Å². The maximum absolute atomic E-state index is 14.0. The number of ether oxygens (including phenoxy) is 4. The highest BCUT2D eigenvalue weighted by molar-refractivity contribution is 8.76. The van der Waals surface area contributed by atoms with Crippen molar-refractivity contribution < 1.29 is 38.1 Å². The number of rotatable bonds is 50. The lowest BCUT2D eigenvalue weighted by Crippen LogP contribution is -2.57. The number of carbonyl (C=O) groups is 4. The highest BCUT2D eigenvalue weighted by atomic mass is 33.1. The zero-order valence-electron chi connectivity index (χ0n) is 54.0. The Bertz CT molecular complexity index is 1950. The van der Waals surface area contributed by atoms with Crippen LogP contribution in [-0.2, 0) is 36.9 Å². The van der Waals surface area contributed by atoms with Gasteiger partial charge < -0.3 is 34.9 Å². The van der Waals surface area contributed by atoms with Crippen LogP contribution in [-0.4, -0.2) is 72.3 Å². The maximum atomic E-state index is 14.0. The van der Waals surface area contributed by atoms with E-state index in [9.17, 15) is 19.2 Å². The fourth-order valence-corrected chi connectivity index (χ4v) is 13.2. The van der Waals surface area contributed by atoms with E-state index >= 15 is 0 Å². The molecule has 2 aromatic rings. The molecule has 1 unspecified atom stereocenters. The zero-order chi connectivity index (χ0) is 60.4. The van der Waals surface area contributed by atoms with Gasteiger partial charge in [0.15, 0.2) is 0 Å². The number of unbranched alkanes of at least 4 members (excludes halogenated alkanes) is 38. The second-order valence-electron chi connectivity index (χ2n) is 25.1. The number of carbonyl (C=O) groups excluding carboxylic acids is 4. The average molecular weight is 1210 g/mol. The minimum atomic E-state index is -1.03. The minimum Gasteiger partial charge on any atom is -0.493 e. The predicted octanol–water partition coefficient (Wildman–Crippen LogP) is 19.6. The number of hydrogen-bond donors (Lipinski definition) is 3. The summed E-state index contributed by atoms with van der Waals surface area (Å²) < 4.78 is 24.2. The lowest BCUT2D eigenvalue weighted by atomic mass is 10.0. The number of alkyl carbamates (subject to hydrolysis) is 1. The molecule has 3 rings (SSSR count). The summed E-state index contributed by atoms with van der Waals surface area (Å²) in [5.74, 6) is 0.0705. The highest BCUT2D eigenvalue weighted by Gasteiger charge is 2.33. The third kappa shape index (κ3) is 40.0. The van der Waals surface area contributed by atoms with Gasteiger partial charge >= 0.3 is 12.1 Å². The summed E-state index contributed by atoms with van der Waals surface area (Å²) >= 11 is 0. The molecule has 11 nitrogen and oxygen atoms in total. The van der Waals surface area contributed by atoms with Gasteiger partial charge in [-0.15, -0.1) is 0 Å². The second kappa shape index (κ2) is 50.4. The van der Waals surface area contributed by atoms with Gasteiger partial charge in [-0.25, -0.2) is 9.59 Å². The summed E-state index contributed by atoms with van der Waals surface area (Å²) in [5, 5.41) is 8.41. The standard InChI is InChI=1S/C71H121N3O8S2/c1-6-8-10-12-14-16-18-20-22-24-26-28-30-32-34-36-38-40-42-47-53-79-62-52-51-61(66(56-62)80-54-48-43-41-39-37-35-33-31-29-27-25-23-21-19-17-15-13-11-9-7-2)57-81-69(77)65-59-84-83-58-64(74-70(78)82-71(3,4)5)68(76)72-63(67(75)73-65)55-60-49-45-44-46-50-60/h44-46,49-52,56,63-65H,6-43,47-48,53-55,57-59H2,1-5H3,(H,72,76)(H,73,75)(H,74,78)/t63-,64-,65?/m0/s1. The molecule has 480 valence electrons. The summed E-state index contributed by atoms with van der Waals surface area (Å²) in [4.78, 5) is 54.5. The minimum absolute atomic E-state index is 0.0523. The number of amides is 3. The van der Waals surface area contributed by atoms with Gasteiger partial charge in [0.1, 0.15) is 41.8 Å². The van der Waals surface area contributed by atoms with E-state index in [1.54, 1.807) is 20.8 Å². The van der Waals surface area contributed by atoms with Crippen LogP contribution in [0.1, 0.15) is 303 Å². The zero-order valence-corrected chi connectivity index (χ0v) is 55.6. The van der Waals surface area contributed by atoms with Crippen LogP contribution in [0, 0.1) is 0 Å². The van der Waals surface area contributed by atoms with Crippen LogP contribution in [0.15, 0.2) is 48.5 Å². The summed E-state index contributed by atoms with van der Waals surface area (Å²) in [6, 6.07) is 12.1. The van der Waals surface area contributed by atoms with Crippen molar-refractivity contribution in [3.8, 4) is 11.5 Å². The summed E-state index contributed by atoms with van der Waals surface area (Å²) in [6.45, 7) is 11.0. The molecule has 3 amide bonds. The third-order valence-corrected chi connectivity index (χ3v) is 18.4. The molecule has 1 fully saturated rings. The predicted molar refractivity (Wildman–Crippen MR) is 355 cm³/mol.